The molecule has 1 aromatic heterocycles. The zero-order chi connectivity index (χ0) is 21.8. The maximum Gasteiger partial charge on any atom is 0.278 e. The molecule has 0 fully saturated rings. The summed E-state index contributed by atoms with van der Waals surface area (Å²) in [6.45, 7) is 5.68. The van der Waals surface area contributed by atoms with Crippen LogP contribution in [-0.4, -0.2) is 23.1 Å². The zero-order valence-corrected chi connectivity index (χ0v) is 17.0. The van der Waals surface area contributed by atoms with E-state index < -0.39 is 10.8 Å². The molecule has 0 radical (unpaired) electrons. The summed E-state index contributed by atoms with van der Waals surface area (Å²) in [7, 11) is 1.36. The van der Waals surface area contributed by atoms with E-state index in [0.717, 1.165) is 16.9 Å². The Morgan fingerprint density at radius 2 is 1.90 bits per heavy atom. The van der Waals surface area contributed by atoms with E-state index in [2.05, 4.69) is 10.5 Å². The highest BCUT2D eigenvalue weighted by atomic mass is 16.6. The minimum Gasteiger partial charge on any atom is -0.494 e. The molecular weight excluding hydrogens is 390 g/mol. The molecule has 156 valence electrons. The second-order valence-electron chi connectivity index (χ2n) is 6.67. The summed E-state index contributed by atoms with van der Waals surface area (Å²) in [5.41, 5.74) is 2.66. The minimum absolute atomic E-state index is 0.0687. The Hall–Kier alpha value is -3.88. The van der Waals surface area contributed by atoms with E-state index >= 15 is 0 Å². The summed E-state index contributed by atoms with van der Waals surface area (Å²) in [6.07, 6.45) is 0. The van der Waals surface area contributed by atoms with Crippen LogP contribution < -0.4 is 14.8 Å². The Morgan fingerprint density at radius 3 is 2.53 bits per heavy atom. The van der Waals surface area contributed by atoms with Gasteiger partial charge in [-0.15, -0.1) is 0 Å². The van der Waals surface area contributed by atoms with Crippen molar-refractivity contribution in [2.45, 2.75) is 27.4 Å². The van der Waals surface area contributed by atoms with Gasteiger partial charge < -0.3 is 19.3 Å². The Bertz CT molecular complexity index is 1090. The second-order valence-corrected chi connectivity index (χ2v) is 6.67. The van der Waals surface area contributed by atoms with E-state index in [1.54, 1.807) is 6.92 Å². The standard InChI is InChI=1S/C21H21N3O6/c1-12-6-5-7-13(2)20(12)29-11-16-14(3)30-23-19(16)21(25)22-17-9-8-15(24(26)27)10-18(17)28-4/h5-10H,11H2,1-4H3,(H,22,25). The number of rotatable bonds is 7. The number of hydrogen-bond donors (Lipinski definition) is 1. The van der Waals surface area contributed by atoms with E-state index in [1.807, 2.05) is 32.0 Å². The number of nitro groups is 1. The number of amides is 1. The van der Waals surface area contributed by atoms with Crippen LogP contribution in [0.1, 0.15) is 32.9 Å². The fourth-order valence-corrected chi connectivity index (χ4v) is 2.99. The number of aromatic nitrogens is 1. The van der Waals surface area contributed by atoms with Gasteiger partial charge in [-0.25, -0.2) is 0 Å². The Kier molecular flexibility index (Phi) is 6.01. The lowest BCUT2D eigenvalue weighted by molar-refractivity contribution is -0.384. The quantitative estimate of drug-likeness (QED) is 0.454. The summed E-state index contributed by atoms with van der Waals surface area (Å²) in [6, 6.07) is 9.73. The average molecular weight is 411 g/mol. The summed E-state index contributed by atoms with van der Waals surface area (Å²) >= 11 is 0. The molecule has 3 aromatic rings. The molecule has 1 amide bonds. The van der Waals surface area contributed by atoms with Gasteiger partial charge in [-0.3, -0.25) is 14.9 Å². The van der Waals surface area contributed by atoms with Crippen LogP contribution in [-0.2, 0) is 6.61 Å². The number of ether oxygens (including phenoxy) is 2. The molecule has 9 nitrogen and oxygen atoms in total. The van der Waals surface area contributed by atoms with Gasteiger partial charge in [-0.05, 0) is 38.0 Å². The first-order chi connectivity index (χ1) is 14.3. The highest BCUT2D eigenvalue weighted by Crippen LogP contribution is 2.30. The van der Waals surface area contributed by atoms with Crippen LogP contribution in [0.5, 0.6) is 11.5 Å². The summed E-state index contributed by atoms with van der Waals surface area (Å²) in [5.74, 6) is 0.814. The predicted octanol–water partition coefficient (Wildman–Crippen LogP) is 4.35. The number of non-ortho nitro benzene ring substituents is 1. The molecule has 0 aliphatic rings. The molecule has 0 aliphatic carbocycles. The van der Waals surface area contributed by atoms with Crippen LogP contribution in [0.25, 0.3) is 0 Å². The van der Waals surface area contributed by atoms with Gasteiger partial charge in [0.1, 0.15) is 23.9 Å². The molecule has 2 aromatic carbocycles. The minimum atomic E-state index is -0.544. The highest BCUT2D eigenvalue weighted by molar-refractivity contribution is 6.04. The van der Waals surface area contributed by atoms with E-state index in [-0.39, 0.29) is 29.4 Å². The second kappa shape index (κ2) is 8.64. The fourth-order valence-electron chi connectivity index (χ4n) is 2.99. The SMILES string of the molecule is COc1cc([N+](=O)[O-])ccc1NC(=O)c1noc(C)c1COc1c(C)cccc1C. The van der Waals surface area contributed by atoms with Crippen molar-refractivity contribution in [1.29, 1.82) is 0 Å². The third kappa shape index (κ3) is 4.24. The number of aryl methyl sites for hydroxylation is 3. The molecule has 1 N–H and O–H groups in total. The van der Waals surface area contributed by atoms with Crippen LogP contribution in [0.2, 0.25) is 0 Å². The molecular formula is C21H21N3O6. The molecule has 0 bridgehead atoms. The first-order valence-electron chi connectivity index (χ1n) is 9.09. The molecule has 0 spiro atoms. The van der Waals surface area contributed by atoms with Gasteiger partial charge in [-0.1, -0.05) is 23.4 Å². The monoisotopic (exact) mass is 411 g/mol. The number of carbonyl (C=O) groups excluding carboxylic acids is 1. The first kappa shape index (κ1) is 20.8. The van der Waals surface area contributed by atoms with E-state index in [0.29, 0.717) is 11.3 Å². The third-order valence-electron chi connectivity index (χ3n) is 4.61. The van der Waals surface area contributed by atoms with Crippen LogP contribution >= 0.6 is 0 Å². The molecule has 0 atom stereocenters. The Labute approximate surface area is 172 Å². The topological polar surface area (TPSA) is 117 Å². The maximum absolute atomic E-state index is 12.8. The van der Waals surface area contributed by atoms with Crippen molar-refractivity contribution in [2.24, 2.45) is 0 Å². The number of carbonyl (C=O) groups is 1. The number of nitro benzene ring substituents is 1. The Morgan fingerprint density at radius 1 is 1.20 bits per heavy atom. The van der Waals surface area contributed by atoms with Gasteiger partial charge >= 0.3 is 0 Å². The number of para-hydroxylation sites is 1. The molecule has 0 aliphatic heterocycles. The van der Waals surface area contributed by atoms with Crippen molar-refractivity contribution in [3.05, 3.63) is 74.7 Å². The van der Waals surface area contributed by atoms with E-state index in [9.17, 15) is 14.9 Å². The number of benzene rings is 2. The average Bonchev–Trinajstić information content (AvgIpc) is 3.08. The molecule has 0 unspecified atom stereocenters. The van der Waals surface area contributed by atoms with Crippen molar-refractivity contribution in [1.82, 2.24) is 5.16 Å². The molecule has 1 heterocycles. The normalized spacial score (nSPS) is 10.5. The predicted molar refractivity (Wildman–Crippen MR) is 109 cm³/mol. The first-order valence-corrected chi connectivity index (χ1v) is 9.09. The van der Waals surface area contributed by atoms with Crippen molar-refractivity contribution in [3.63, 3.8) is 0 Å². The zero-order valence-electron chi connectivity index (χ0n) is 17.0. The van der Waals surface area contributed by atoms with Gasteiger partial charge in [0.25, 0.3) is 11.6 Å². The van der Waals surface area contributed by atoms with Crippen LogP contribution in [0.3, 0.4) is 0 Å². The molecule has 0 saturated carbocycles. The number of hydrogen-bond acceptors (Lipinski definition) is 7. The van der Waals surface area contributed by atoms with Gasteiger partial charge in [0.2, 0.25) is 0 Å². The highest BCUT2D eigenvalue weighted by Gasteiger charge is 2.22. The van der Waals surface area contributed by atoms with Crippen molar-refractivity contribution in [3.8, 4) is 11.5 Å². The van der Waals surface area contributed by atoms with Crippen molar-refractivity contribution in [2.75, 3.05) is 12.4 Å². The number of nitrogens with zero attached hydrogens (tertiary/aromatic N) is 2. The van der Waals surface area contributed by atoms with Crippen LogP contribution in [0.4, 0.5) is 11.4 Å². The lowest BCUT2D eigenvalue weighted by atomic mass is 10.1. The maximum atomic E-state index is 12.8. The van der Waals surface area contributed by atoms with Crippen LogP contribution in [0.15, 0.2) is 40.9 Å². The van der Waals surface area contributed by atoms with Crippen molar-refractivity contribution < 1.29 is 23.7 Å². The molecule has 9 heteroatoms. The van der Waals surface area contributed by atoms with E-state index in [4.69, 9.17) is 14.0 Å². The Balaban J connectivity index is 1.82. The van der Waals surface area contributed by atoms with Gasteiger partial charge in [-0.2, -0.15) is 0 Å². The molecule has 0 saturated heterocycles. The molecule has 30 heavy (non-hydrogen) atoms. The number of methoxy groups -OCH3 is 1. The number of anilines is 1. The summed E-state index contributed by atoms with van der Waals surface area (Å²) < 4.78 is 16.3. The third-order valence-corrected chi connectivity index (χ3v) is 4.61. The van der Waals surface area contributed by atoms with Crippen molar-refractivity contribution >= 4 is 17.3 Å². The van der Waals surface area contributed by atoms with Gasteiger partial charge in [0, 0.05) is 6.07 Å². The lowest BCUT2D eigenvalue weighted by Gasteiger charge is -2.12. The van der Waals surface area contributed by atoms with E-state index in [1.165, 1.54) is 25.3 Å². The van der Waals surface area contributed by atoms with Gasteiger partial charge in [0.15, 0.2) is 5.69 Å². The van der Waals surface area contributed by atoms with Gasteiger partial charge in [0.05, 0.1) is 29.4 Å². The van der Waals surface area contributed by atoms with Crippen LogP contribution in [0, 0.1) is 30.9 Å². The smallest absolute Gasteiger partial charge is 0.278 e. The summed E-state index contributed by atoms with van der Waals surface area (Å²) in [5, 5.41) is 17.4. The summed E-state index contributed by atoms with van der Waals surface area (Å²) in [4.78, 5) is 23.2. The number of nitrogens with one attached hydrogen (secondary N) is 1. The lowest BCUT2D eigenvalue weighted by Crippen LogP contribution is -2.16. The largest absolute Gasteiger partial charge is 0.494 e. The fraction of sp³-hybridized carbons (Fsp3) is 0.238. The molecule has 3 rings (SSSR count).